The van der Waals surface area contributed by atoms with Crippen LogP contribution >= 0.6 is 0 Å². The van der Waals surface area contributed by atoms with E-state index in [1.807, 2.05) is 62.4 Å². The lowest BCUT2D eigenvalue weighted by atomic mass is 10.2. The van der Waals surface area contributed by atoms with Gasteiger partial charge in [0.1, 0.15) is 18.1 Å². The molecule has 0 unspecified atom stereocenters. The normalized spacial score (nSPS) is 10.4. The van der Waals surface area contributed by atoms with Gasteiger partial charge in [-0.3, -0.25) is 4.79 Å². The number of carbonyl (C=O) groups is 1. The number of amides is 1. The van der Waals surface area contributed by atoms with E-state index in [4.69, 9.17) is 9.47 Å². The highest BCUT2D eigenvalue weighted by Crippen LogP contribution is 2.16. The molecule has 0 saturated heterocycles. The fraction of sp³-hybridized carbons (Fsp3) is 0.286. The fourth-order valence-corrected chi connectivity index (χ4v) is 2.27. The largest absolute Gasteiger partial charge is 0.491 e. The van der Waals surface area contributed by atoms with Crippen molar-refractivity contribution < 1.29 is 14.3 Å². The molecule has 0 heterocycles. The highest BCUT2D eigenvalue weighted by molar-refractivity contribution is 5.92. The van der Waals surface area contributed by atoms with E-state index < -0.39 is 0 Å². The number of anilines is 1. The number of hydrogen-bond acceptors (Lipinski definition) is 4. The van der Waals surface area contributed by atoms with Gasteiger partial charge in [0.05, 0.1) is 12.6 Å². The van der Waals surface area contributed by atoms with Crippen LogP contribution in [0.15, 0.2) is 61.2 Å². The van der Waals surface area contributed by atoms with Crippen molar-refractivity contribution in [2.45, 2.75) is 26.5 Å². The van der Waals surface area contributed by atoms with E-state index in [1.165, 1.54) is 0 Å². The molecule has 0 spiro atoms. The Bertz CT molecular complexity index is 694. The molecule has 138 valence electrons. The summed E-state index contributed by atoms with van der Waals surface area (Å²) in [4.78, 5) is 12.0. The minimum Gasteiger partial charge on any atom is -0.491 e. The van der Waals surface area contributed by atoms with E-state index in [1.54, 1.807) is 6.08 Å². The lowest BCUT2D eigenvalue weighted by molar-refractivity contribution is -0.115. The van der Waals surface area contributed by atoms with Gasteiger partial charge in [-0.15, -0.1) is 0 Å². The van der Waals surface area contributed by atoms with Crippen molar-refractivity contribution in [2.24, 2.45) is 0 Å². The molecule has 0 radical (unpaired) electrons. The number of hydrogen-bond donors (Lipinski definition) is 2. The molecule has 2 N–H and O–H groups in total. The second kappa shape index (κ2) is 10.3. The van der Waals surface area contributed by atoms with Crippen molar-refractivity contribution in [1.82, 2.24) is 5.32 Å². The Hall–Kier alpha value is -2.79. The van der Waals surface area contributed by atoms with Gasteiger partial charge in [-0.2, -0.15) is 0 Å². The SMILES string of the molecule is C=CCOc1ccc(NC(=O)CNCc2ccc(OC(C)C)cc2)cc1. The van der Waals surface area contributed by atoms with E-state index >= 15 is 0 Å². The summed E-state index contributed by atoms with van der Waals surface area (Å²) in [5.41, 5.74) is 1.83. The Kier molecular flexibility index (Phi) is 7.71. The first-order valence-corrected chi connectivity index (χ1v) is 8.66. The molecule has 0 fully saturated rings. The molecule has 2 aromatic carbocycles. The van der Waals surface area contributed by atoms with Crippen LogP contribution in [0.2, 0.25) is 0 Å². The molecule has 2 rings (SSSR count). The molecule has 2 aromatic rings. The third-order valence-electron chi connectivity index (χ3n) is 3.42. The van der Waals surface area contributed by atoms with Crippen LogP contribution in [0.4, 0.5) is 5.69 Å². The Balaban J connectivity index is 1.72. The minimum atomic E-state index is -0.0930. The van der Waals surface area contributed by atoms with E-state index in [0.717, 1.165) is 22.7 Å². The Labute approximate surface area is 155 Å². The third kappa shape index (κ3) is 6.99. The molecule has 0 aliphatic carbocycles. The summed E-state index contributed by atoms with van der Waals surface area (Å²) in [5.74, 6) is 1.50. The Morgan fingerprint density at radius 3 is 2.35 bits per heavy atom. The van der Waals surface area contributed by atoms with E-state index in [0.29, 0.717) is 13.2 Å². The van der Waals surface area contributed by atoms with Crippen molar-refractivity contribution in [3.63, 3.8) is 0 Å². The predicted molar refractivity (Wildman–Crippen MR) is 105 cm³/mol. The molecule has 0 atom stereocenters. The van der Waals surface area contributed by atoms with Crippen molar-refractivity contribution in [1.29, 1.82) is 0 Å². The number of ether oxygens (including phenoxy) is 2. The lowest BCUT2D eigenvalue weighted by Crippen LogP contribution is -2.27. The van der Waals surface area contributed by atoms with Gasteiger partial charge in [0.25, 0.3) is 0 Å². The molecular formula is C21H26N2O3. The van der Waals surface area contributed by atoms with E-state index in [9.17, 15) is 4.79 Å². The molecule has 5 nitrogen and oxygen atoms in total. The number of nitrogens with one attached hydrogen (secondary N) is 2. The predicted octanol–water partition coefficient (Wildman–Crippen LogP) is 3.77. The summed E-state index contributed by atoms with van der Waals surface area (Å²) < 4.78 is 11.0. The maximum Gasteiger partial charge on any atom is 0.238 e. The molecule has 0 aliphatic rings. The maximum absolute atomic E-state index is 12.0. The highest BCUT2D eigenvalue weighted by Gasteiger charge is 2.03. The van der Waals surface area contributed by atoms with Crippen LogP contribution < -0.4 is 20.1 Å². The maximum atomic E-state index is 12.0. The smallest absolute Gasteiger partial charge is 0.238 e. The van der Waals surface area contributed by atoms with Gasteiger partial charge in [0.15, 0.2) is 0 Å². The molecule has 0 bridgehead atoms. The summed E-state index contributed by atoms with van der Waals surface area (Å²) >= 11 is 0. The van der Waals surface area contributed by atoms with Gasteiger partial charge in [0, 0.05) is 12.2 Å². The van der Waals surface area contributed by atoms with E-state index in [2.05, 4.69) is 17.2 Å². The zero-order chi connectivity index (χ0) is 18.8. The fourth-order valence-electron chi connectivity index (χ4n) is 2.27. The number of carbonyl (C=O) groups excluding carboxylic acids is 1. The third-order valence-corrected chi connectivity index (χ3v) is 3.42. The summed E-state index contributed by atoms with van der Waals surface area (Å²) in [6.45, 7) is 8.90. The van der Waals surface area contributed by atoms with Crippen LogP contribution in [0.25, 0.3) is 0 Å². The molecule has 1 amide bonds. The zero-order valence-electron chi connectivity index (χ0n) is 15.3. The minimum absolute atomic E-state index is 0.0930. The van der Waals surface area contributed by atoms with Gasteiger partial charge >= 0.3 is 0 Å². The topological polar surface area (TPSA) is 59.6 Å². The van der Waals surface area contributed by atoms with Crippen LogP contribution in [-0.2, 0) is 11.3 Å². The van der Waals surface area contributed by atoms with Crippen LogP contribution in [0, 0.1) is 0 Å². The van der Waals surface area contributed by atoms with Gasteiger partial charge in [-0.05, 0) is 55.8 Å². The van der Waals surface area contributed by atoms with Crippen LogP contribution in [0.3, 0.4) is 0 Å². The Morgan fingerprint density at radius 2 is 1.73 bits per heavy atom. The van der Waals surface area contributed by atoms with Crippen molar-refractivity contribution >= 4 is 11.6 Å². The average Bonchev–Trinajstić information content (AvgIpc) is 2.62. The van der Waals surface area contributed by atoms with Crippen molar-refractivity contribution in [3.8, 4) is 11.5 Å². The standard InChI is InChI=1S/C21H26N2O3/c1-4-13-25-19-11-7-18(8-12-19)23-21(24)15-22-14-17-5-9-20(10-6-17)26-16(2)3/h4-12,16,22H,1,13-15H2,2-3H3,(H,23,24). The van der Waals surface area contributed by atoms with Gasteiger partial charge in [0.2, 0.25) is 5.91 Å². The van der Waals surface area contributed by atoms with Crippen molar-refractivity contribution in [2.75, 3.05) is 18.5 Å². The van der Waals surface area contributed by atoms with E-state index in [-0.39, 0.29) is 18.6 Å². The lowest BCUT2D eigenvalue weighted by Gasteiger charge is -2.11. The number of benzene rings is 2. The second-order valence-corrected chi connectivity index (χ2v) is 6.09. The van der Waals surface area contributed by atoms with Crippen LogP contribution in [0.1, 0.15) is 19.4 Å². The first-order chi connectivity index (χ1) is 12.6. The second-order valence-electron chi connectivity index (χ2n) is 6.09. The average molecular weight is 354 g/mol. The van der Waals surface area contributed by atoms with Crippen LogP contribution in [0.5, 0.6) is 11.5 Å². The van der Waals surface area contributed by atoms with Gasteiger partial charge in [-0.25, -0.2) is 0 Å². The molecular weight excluding hydrogens is 328 g/mol. The molecule has 0 aliphatic heterocycles. The Morgan fingerprint density at radius 1 is 1.08 bits per heavy atom. The summed E-state index contributed by atoms with van der Waals surface area (Å²) in [5, 5.41) is 5.98. The first kappa shape index (κ1) is 19.5. The van der Waals surface area contributed by atoms with Gasteiger partial charge in [-0.1, -0.05) is 24.8 Å². The number of rotatable bonds is 10. The molecule has 0 saturated carbocycles. The summed E-state index contributed by atoms with van der Waals surface area (Å²) in [6, 6.07) is 15.1. The zero-order valence-corrected chi connectivity index (χ0v) is 15.3. The summed E-state index contributed by atoms with van der Waals surface area (Å²) in [7, 11) is 0. The first-order valence-electron chi connectivity index (χ1n) is 8.66. The quantitative estimate of drug-likeness (QED) is 0.638. The monoisotopic (exact) mass is 354 g/mol. The highest BCUT2D eigenvalue weighted by atomic mass is 16.5. The molecule has 26 heavy (non-hydrogen) atoms. The van der Waals surface area contributed by atoms with Gasteiger partial charge < -0.3 is 20.1 Å². The summed E-state index contributed by atoms with van der Waals surface area (Å²) in [6.07, 6.45) is 1.84. The molecule has 5 heteroatoms. The van der Waals surface area contributed by atoms with Crippen LogP contribution in [-0.4, -0.2) is 25.2 Å². The molecule has 0 aromatic heterocycles. The van der Waals surface area contributed by atoms with Crippen molar-refractivity contribution in [3.05, 3.63) is 66.7 Å².